The molecule has 28 heavy (non-hydrogen) atoms. The maximum Gasteiger partial charge on any atom is 0.348 e. The molecule has 1 N–H and O–H groups in total. The summed E-state index contributed by atoms with van der Waals surface area (Å²) in [5.74, 6) is -2.71. The minimum Gasteiger partial charge on any atom is -0.504 e. The lowest BCUT2D eigenvalue weighted by atomic mass is 10.0. The predicted molar refractivity (Wildman–Crippen MR) is 108 cm³/mol. The standard InChI is InChI=1S/C19H10Cl4O5/c1-27-18(25)15(9-4-12(22)7-13(23)5-9)17-16(24)14(19(26)28-17)8-2-10(20)6-11(21)3-8/h2-7,24H,1H3. The van der Waals surface area contributed by atoms with Gasteiger partial charge in [0.1, 0.15) is 11.1 Å². The number of aliphatic hydroxyl groups is 1. The van der Waals surface area contributed by atoms with E-state index < -0.39 is 17.7 Å². The van der Waals surface area contributed by atoms with Crippen LogP contribution in [0.1, 0.15) is 11.1 Å². The molecule has 144 valence electrons. The van der Waals surface area contributed by atoms with Gasteiger partial charge in [-0.1, -0.05) is 46.4 Å². The van der Waals surface area contributed by atoms with Gasteiger partial charge >= 0.3 is 11.9 Å². The van der Waals surface area contributed by atoms with E-state index >= 15 is 0 Å². The molecule has 0 saturated carbocycles. The van der Waals surface area contributed by atoms with Crippen LogP contribution in [0.25, 0.3) is 11.1 Å². The molecule has 1 aliphatic heterocycles. The number of aliphatic hydroxyl groups excluding tert-OH is 1. The molecule has 0 atom stereocenters. The molecular formula is C19H10Cl4O5. The number of carbonyl (C=O) groups is 2. The largest absolute Gasteiger partial charge is 0.504 e. The molecule has 0 saturated heterocycles. The van der Waals surface area contributed by atoms with E-state index in [2.05, 4.69) is 0 Å². The molecule has 2 aromatic rings. The minimum atomic E-state index is -0.889. The van der Waals surface area contributed by atoms with Crippen molar-refractivity contribution in [3.8, 4) is 0 Å². The van der Waals surface area contributed by atoms with Crippen LogP contribution in [0.3, 0.4) is 0 Å². The van der Waals surface area contributed by atoms with Gasteiger partial charge in [0.15, 0.2) is 11.5 Å². The average molecular weight is 460 g/mol. The fourth-order valence-corrected chi connectivity index (χ4v) is 3.72. The first kappa shape index (κ1) is 20.6. The number of carbonyl (C=O) groups excluding carboxylic acids is 2. The Bertz CT molecular complexity index is 1030. The van der Waals surface area contributed by atoms with Crippen molar-refractivity contribution in [2.45, 2.75) is 0 Å². The Hall–Kier alpha value is -2.18. The Balaban J connectivity index is 2.27. The average Bonchev–Trinajstić information content (AvgIpc) is 2.87. The third kappa shape index (κ3) is 3.98. The van der Waals surface area contributed by atoms with Gasteiger partial charge in [-0.05, 0) is 47.5 Å². The number of methoxy groups -OCH3 is 1. The van der Waals surface area contributed by atoms with E-state index in [1.165, 1.54) is 36.4 Å². The molecule has 3 rings (SSSR count). The Morgan fingerprint density at radius 3 is 1.93 bits per heavy atom. The van der Waals surface area contributed by atoms with Crippen LogP contribution in [0.15, 0.2) is 47.9 Å². The quantitative estimate of drug-likeness (QED) is 0.470. The van der Waals surface area contributed by atoms with Gasteiger partial charge in [-0.25, -0.2) is 9.59 Å². The molecule has 0 radical (unpaired) electrons. The highest BCUT2D eigenvalue weighted by Crippen LogP contribution is 2.38. The van der Waals surface area contributed by atoms with E-state index in [1.54, 1.807) is 0 Å². The summed E-state index contributed by atoms with van der Waals surface area (Å²) >= 11 is 23.9. The maximum atomic E-state index is 12.4. The summed E-state index contributed by atoms with van der Waals surface area (Å²) in [5.41, 5.74) is 0.00206. The SMILES string of the molecule is COC(=O)C(=C1OC(=O)C(c2cc(Cl)cc(Cl)c2)=C1O)c1cc(Cl)cc(Cl)c1. The second-order valence-corrected chi connectivity index (χ2v) is 7.37. The number of rotatable bonds is 3. The van der Waals surface area contributed by atoms with Crippen molar-refractivity contribution in [1.29, 1.82) is 0 Å². The topological polar surface area (TPSA) is 72.8 Å². The molecule has 9 heteroatoms. The van der Waals surface area contributed by atoms with Crippen molar-refractivity contribution < 1.29 is 24.2 Å². The number of benzene rings is 2. The normalized spacial score (nSPS) is 15.5. The Labute approximate surface area is 179 Å². The second-order valence-electron chi connectivity index (χ2n) is 5.63. The van der Waals surface area contributed by atoms with Crippen molar-refractivity contribution >= 4 is 69.5 Å². The van der Waals surface area contributed by atoms with E-state index in [0.717, 1.165) is 7.11 Å². The summed E-state index contributed by atoms with van der Waals surface area (Å²) < 4.78 is 9.95. The van der Waals surface area contributed by atoms with Crippen LogP contribution in [0.5, 0.6) is 0 Å². The van der Waals surface area contributed by atoms with Gasteiger partial charge in [0.2, 0.25) is 0 Å². The zero-order valence-electron chi connectivity index (χ0n) is 14.1. The molecule has 1 heterocycles. The maximum absolute atomic E-state index is 12.4. The predicted octanol–water partition coefficient (Wildman–Crippen LogP) is 5.71. The Kier molecular flexibility index (Phi) is 5.91. The molecule has 1 aliphatic rings. The van der Waals surface area contributed by atoms with Crippen molar-refractivity contribution in [3.05, 3.63) is 79.1 Å². The summed E-state index contributed by atoms with van der Waals surface area (Å²) in [4.78, 5) is 24.8. The third-order valence-electron chi connectivity index (χ3n) is 3.77. The van der Waals surface area contributed by atoms with Crippen LogP contribution in [0.2, 0.25) is 20.1 Å². The van der Waals surface area contributed by atoms with Crippen LogP contribution in [0, 0.1) is 0 Å². The highest BCUT2D eigenvalue weighted by molar-refractivity contribution is 6.36. The lowest BCUT2D eigenvalue weighted by Gasteiger charge is -2.10. The molecule has 0 spiro atoms. The zero-order chi connectivity index (χ0) is 20.6. The first-order valence-electron chi connectivity index (χ1n) is 7.62. The van der Waals surface area contributed by atoms with Crippen LogP contribution < -0.4 is 0 Å². The van der Waals surface area contributed by atoms with E-state index in [4.69, 9.17) is 55.9 Å². The van der Waals surface area contributed by atoms with E-state index in [0.29, 0.717) is 0 Å². The van der Waals surface area contributed by atoms with Gasteiger partial charge in [-0.3, -0.25) is 0 Å². The van der Waals surface area contributed by atoms with Gasteiger partial charge in [0.05, 0.1) is 7.11 Å². The molecule has 0 fully saturated rings. The van der Waals surface area contributed by atoms with Crippen molar-refractivity contribution in [2.24, 2.45) is 0 Å². The van der Waals surface area contributed by atoms with Gasteiger partial charge in [0.25, 0.3) is 0 Å². The Morgan fingerprint density at radius 2 is 1.43 bits per heavy atom. The number of esters is 2. The van der Waals surface area contributed by atoms with Crippen LogP contribution in [0.4, 0.5) is 0 Å². The fraction of sp³-hybridized carbons (Fsp3) is 0.0526. The lowest BCUT2D eigenvalue weighted by molar-refractivity contribution is -0.134. The lowest BCUT2D eigenvalue weighted by Crippen LogP contribution is -2.09. The zero-order valence-corrected chi connectivity index (χ0v) is 17.1. The highest BCUT2D eigenvalue weighted by atomic mass is 35.5. The smallest absolute Gasteiger partial charge is 0.348 e. The monoisotopic (exact) mass is 458 g/mol. The van der Waals surface area contributed by atoms with E-state index in [1.807, 2.05) is 0 Å². The van der Waals surface area contributed by atoms with Crippen molar-refractivity contribution in [1.82, 2.24) is 0 Å². The van der Waals surface area contributed by atoms with Gasteiger partial charge in [-0.2, -0.15) is 0 Å². The van der Waals surface area contributed by atoms with Crippen LogP contribution >= 0.6 is 46.4 Å². The van der Waals surface area contributed by atoms with E-state index in [9.17, 15) is 14.7 Å². The highest BCUT2D eigenvalue weighted by Gasteiger charge is 2.36. The van der Waals surface area contributed by atoms with Crippen LogP contribution in [-0.4, -0.2) is 24.2 Å². The van der Waals surface area contributed by atoms with Crippen molar-refractivity contribution in [2.75, 3.05) is 7.11 Å². The number of halogens is 4. The summed E-state index contributed by atoms with van der Waals surface area (Å²) in [6.07, 6.45) is 0. The molecule has 0 aromatic heterocycles. The van der Waals surface area contributed by atoms with Crippen molar-refractivity contribution in [3.63, 3.8) is 0 Å². The van der Waals surface area contributed by atoms with Gasteiger partial charge in [0, 0.05) is 20.1 Å². The summed E-state index contributed by atoms with van der Waals surface area (Å²) in [6, 6.07) is 8.62. The number of hydrogen-bond donors (Lipinski definition) is 1. The molecule has 5 nitrogen and oxygen atoms in total. The van der Waals surface area contributed by atoms with Gasteiger partial charge in [-0.15, -0.1) is 0 Å². The molecule has 0 unspecified atom stereocenters. The van der Waals surface area contributed by atoms with E-state index in [-0.39, 0.29) is 48.1 Å². The number of hydrogen-bond acceptors (Lipinski definition) is 5. The minimum absolute atomic E-state index is 0.198. The Morgan fingerprint density at radius 1 is 0.929 bits per heavy atom. The fourth-order valence-electron chi connectivity index (χ4n) is 2.67. The second kappa shape index (κ2) is 8.05. The molecule has 0 aliphatic carbocycles. The molecular weight excluding hydrogens is 450 g/mol. The molecule has 0 amide bonds. The first-order valence-corrected chi connectivity index (χ1v) is 9.13. The summed E-state index contributed by atoms with van der Waals surface area (Å²) in [7, 11) is 1.14. The molecule has 0 bridgehead atoms. The number of cyclic esters (lactones) is 1. The summed E-state index contributed by atoms with van der Waals surface area (Å²) in [5, 5.41) is 11.7. The number of ether oxygens (including phenoxy) is 2. The van der Waals surface area contributed by atoms with Gasteiger partial charge < -0.3 is 14.6 Å². The van der Waals surface area contributed by atoms with Crippen LogP contribution in [-0.2, 0) is 19.1 Å². The molecule has 2 aromatic carbocycles. The first-order chi connectivity index (χ1) is 13.2. The third-order valence-corrected chi connectivity index (χ3v) is 4.64. The summed E-state index contributed by atoms with van der Waals surface area (Å²) in [6.45, 7) is 0.